The van der Waals surface area contributed by atoms with Gasteiger partial charge < -0.3 is 19.3 Å². The molecule has 0 spiro atoms. The molecular weight excluding hydrogens is 522 g/mol. The van der Waals surface area contributed by atoms with Gasteiger partial charge in [0.25, 0.3) is 11.6 Å². The highest BCUT2D eigenvalue weighted by molar-refractivity contribution is 9.10. The SMILES string of the molecule is CCOc1cc(/C=N\NC(=O)c2ccc(OC)cc2O)cc(Br)c1OCc1ccc([N+](=O)[O-])cc1. The normalized spacial score (nSPS) is 10.7. The van der Waals surface area contributed by atoms with Gasteiger partial charge in [0.05, 0.1) is 34.9 Å². The van der Waals surface area contributed by atoms with Crippen LogP contribution in [0.2, 0.25) is 0 Å². The third-order valence-corrected chi connectivity index (χ3v) is 5.28. The van der Waals surface area contributed by atoms with Crippen LogP contribution in [0.3, 0.4) is 0 Å². The van der Waals surface area contributed by atoms with Crippen LogP contribution >= 0.6 is 15.9 Å². The third-order valence-electron chi connectivity index (χ3n) is 4.69. The summed E-state index contributed by atoms with van der Waals surface area (Å²) in [6.07, 6.45) is 1.42. The number of nitro benzene ring substituents is 1. The number of rotatable bonds is 10. The predicted molar refractivity (Wildman–Crippen MR) is 132 cm³/mol. The van der Waals surface area contributed by atoms with Gasteiger partial charge in [0.2, 0.25) is 0 Å². The number of amides is 1. The Morgan fingerprint density at radius 2 is 1.91 bits per heavy atom. The van der Waals surface area contributed by atoms with Gasteiger partial charge in [-0.2, -0.15) is 5.10 Å². The molecule has 0 fully saturated rings. The first-order chi connectivity index (χ1) is 16.8. The fourth-order valence-corrected chi connectivity index (χ4v) is 3.57. The number of non-ortho nitro benzene ring substituents is 1. The number of carbonyl (C=O) groups is 1. The van der Waals surface area contributed by atoms with E-state index >= 15 is 0 Å². The zero-order valence-corrected chi connectivity index (χ0v) is 20.4. The summed E-state index contributed by atoms with van der Waals surface area (Å²) < 4.78 is 17.2. The van der Waals surface area contributed by atoms with Gasteiger partial charge >= 0.3 is 0 Å². The molecule has 182 valence electrons. The lowest BCUT2D eigenvalue weighted by Crippen LogP contribution is -2.17. The van der Waals surface area contributed by atoms with Crippen LogP contribution in [0, 0.1) is 10.1 Å². The molecule has 3 rings (SSSR count). The molecule has 3 aromatic rings. The summed E-state index contributed by atoms with van der Waals surface area (Å²) in [7, 11) is 1.46. The van der Waals surface area contributed by atoms with Gasteiger partial charge in [-0.05, 0) is 70.4 Å². The third kappa shape index (κ3) is 6.70. The van der Waals surface area contributed by atoms with Crippen molar-refractivity contribution in [2.45, 2.75) is 13.5 Å². The second-order valence-electron chi connectivity index (χ2n) is 7.06. The number of nitrogens with zero attached hydrogens (tertiary/aromatic N) is 2. The largest absolute Gasteiger partial charge is 0.507 e. The number of halogens is 1. The number of phenols is 1. The number of hydrogen-bond acceptors (Lipinski definition) is 8. The Balaban J connectivity index is 1.71. The number of methoxy groups -OCH3 is 1. The molecule has 11 heteroatoms. The molecule has 0 saturated heterocycles. The number of nitrogens with one attached hydrogen (secondary N) is 1. The van der Waals surface area contributed by atoms with Crippen molar-refractivity contribution in [1.29, 1.82) is 0 Å². The molecule has 1 amide bonds. The van der Waals surface area contributed by atoms with Crippen molar-refractivity contribution in [1.82, 2.24) is 5.43 Å². The van der Waals surface area contributed by atoms with Crippen LogP contribution in [0.4, 0.5) is 5.69 Å². The van der Waals surface area contributed by atoms with E-state index in [1.807, 2.05) is 6.92 Å². The lowest BCUT2D eigenvalue weighted by atomic mass is 10.2. The quantitative estimate of drug-likeness (QED) is 0.213. The Morgan fingerprint density at radius 3 is 2.54 bits per heavy atom. The topological polar surface area (TPSA) is 133 Å². The van der Waals surface area contributed by atoms with E-state index in [1.54, 1.807) is 30.3 Å². The maximum Gasteiger partial charge on any atom is 0.275 e. The molecule has 0 aliphatic heterocycles. The van der Waals surface area contributed by atoms with E-state index in [1.165, 1.54) is 37.6 Å². The van der Waals surface area contributed by atoms with Gasteiger partial charge in [0.15, 0.2) is 11.5 Å². The second kappa shape index (κ2) is 11.8. The number of ether oxygens (including phenoxy) is 3. The second-order valence-corrected chi connectivity index (χ2v) is 7.91. The maximum atomic E-state index is 12.3. The minimum absolute atomic E-state index is 0.00266. The van der Waals surface area contributed by atoms with E-state index < -0.39 is 10.8 Å². The van der Waals surface area contributed by atoms with Gasteiger partial charge in [-0.25, -0.2) is 5.43 Å². The Morgan fingerprint density at radius 1 is 1.17 bits per heavy atom. The first kappa shape index (κ1) is 25.5. The number of hydrogen-bond donors (Lipinski definition) is 2. The molecule has 0 bridgehead atoms. The number of hydrazone groups is 1. The summed E-state index contributed by atoms with van der Waals surface area (Å²) in [5, 5.41) is 24.7. The van der Waals surface area contributed by atoms with E-state index in [-0.39, 0.29) is 23.6 Å². The standard InChI is InChI=1S/C24H22BrN3O7/c1-3-34-22-11-16(13-26-27-24(30)19-9-8-18(33-2)12-21(19)29)10-20(25)23(22)35-14-15-4-6-17(7-5-15)28(31)32/h4-13,29H,3,14H2,1-2H3,(H,27,30)/b26-13-. The van der Waals surface area contributed by atoms with Gasteiger partial charge in [-0.3, -0.25) is 14.9 Å². The van der Waals surface area contributed by atoms with Crippen LogP contribution in [0.1, 0.15) is 28.4 Å². The first-order valence-corrected chi connectivity index (χ1v) is 11.1. The molecule has 0 aliphatic carbocycles. The molecule has 35 heavy (non-hydrogen) atoms. The van der Waals surface area contributed by atoms with E-state index in [4.69, 9.17) is 14.2 Å². The molecule has 0 aromatic heterocycles. The van der Waals surface area contributed by atoms with Crippen molar-refractivity contribution < 1.29 is 29.0 Å². The van der Waals surface area contributed by atoms with Crippen LogP contribution in [0.25, 0.3) is 0 Å². The summed E-state index contributed by atoms with van der Waals surface area (Å²) in [6, 6.07) is 13.8. The highest BCUT2D eigenvalue weighted by Crippen LogP contribution is 2.37. The molecule has 0 atom stereocenters. The van der Waals surface area contributed by atoms with Gasteiger partial charge in [-0.1, -0.05) is 0 Å². The Hall–Kier alpha value is -4.12. The van der Waals surface area contributed by atoms with Crippen LogP contribution < -0.4 is 19.6 Å². The Bertz CT molecular complexity index is 1250. The lowest BCUT2D eigenvalue weighted by molar-refractivity contribution is -0.384. The smallest absolute Gasteiger partial charge is 0.275 e. The highest BCUT2D eigenvalue weighted by Gasteiger charge is 2.14. The minimum atomic E-state index is -0.589. The van der Waals surface area contributed by atoms with Crippen molar-refractivity contribution in [3.8, 4) is 23.0 Å². The number of phenolic OH excluding ortho intramolecular Hbond substituents is 1. The molecule has 0 saturated carbocycles. The van der Waals surface area contributed by atoms with Crippen LogP contribution in [0.5, 0.6) is 23.0 Å². The summed E-state index contributed by atoms with van der Waals surface area (Å²) in [6.45, 7) is 2.39. The molecule has 0 aliphatic rings. The van der Waals surface area contributed by atoms with Crippen LogP contribution in [0.15, 0.2) is 64.2 Å². The highest BCUT2D eigenvalue weighted by atomic mass is 79.9. The summed E-state index contributed by atoms with van der Waals surface area (Å²) in [4.78, 5) is 22.7. The van der Waals surface area contributed by atoms with Gasteiger partial charge in [0, 0.05) is 18.2 Å². The average molecular weight is 544 g/mol. The molecule has 2 N–H and O–H groups in total. The zero-order chi connectivity index (χ0) is 25.4. The first-order valence-electron chi connectivity index (χ1n) is 10.3. The number of aromatic hydroxyl groups is 1. The summed E-state index contributed by atoms with van der Waals surface area (Å²) in [5.74, 6) is 0.507. The van der Waals surface area contributed by atoms with Gasteiger partial charge in [0.1, 0.15) is 18.1 Å². The molecule has 0 heterocycles. The lowest BCUT2D eigenvalue weighted by Gasteiger charge is -2.14. The fraction of sp³-hybridized carbons (Fsp3) is 0.167. The zero-order valence-electron chi connectivity index (χ0n) is 18.9. The monoisotopic (exact) mass is 543 g/mol. The average Bonchev–Trinajstić information content (AvgIpc) is 2.83. The Labute approximate surface area is 209 Å². The molecule has 3 aromatic carbocycles. The van der Waals surface area contributed by atoms with Crippen molar-refractivity contribution in [3.05, 3.63) is 85.9 Å². The van der Waals surface area contributed by atoms with E-state index in [0.717, 1.165) is 5.56 Å². The molecule has 10 nitrogen and oxygen atoms in total. The number of carbonyl (C=O) groups excluding carboxylic acids is 1. The van der Waals surface area contributed by atoms with E-state index in [0.29, 0.717) is 33.9 Å². The molecule has 0 unspecified atom stereocenters. The van der Waals surface area contributed by atoms with Crippen molar-refractivity contribution in [2.24, 2.45) is 5.10 Å². The maximum absolute atomic E-state index is 12.3. The predicted octanol–water partition coefficient (Wildman–Crippen LogP) is 4.81. The minimum Gasteiger partial charge on any atom is -0.507 e. The summed E-state index contributed by atoms with van der Waals surface area (Å²) >= 11 is 3.46. The number of benzene rings is 3. The summed E-state index contributed by atoms with van der Waals surface area (Å²) in [5.41, 5.74) is 3.78. The Kier molecular flexibility index (Phi) is 8.63. The molecule has 0 radical (unpaired) electrons. The molecular formula is C24H22BrN3O7. The van der Waals surface area contributed by atoms with E-state index in [9.17, 15) is 20.0 Å². The van der Waals surface area contributed by atoms with E-state index in [2.05, 4.69) is 26.5 Å². The van der Waals surface area contributed by atoms with Crippen LogP contribution in [-0.2, 0) is 6.61 Å². The fourth-order valence-electron chi connectivity index (χ4n) is 2.99. The van der Waals surface area contributed by atoms with Crippen molar-refractivity contribution in [2.75, 3.05) is 13.7 Å². The van der Waals surface area contributed by atoms with Crippen molar-refractivity contribution in [3.63, 3.8) is 0 Å². The van der Waals surface area contributed by atoms with Gasteiger partial charge in [-0.15, -0.1) is 0 Å². The van der Waals surface area contributed by atoms with Crippen LogP contribution in [-0.4, -0.2) is 35.9 Å². The van der Waals surface area contributed by atoms with Crippen molar-refractivity contribution >= 4 is 33.7 Å². The number of nitro groups is 1.